The molecular weight excluding hydrogens is 140 g/mol. The molecule has 1 radical (unpaired) electrons. The molecule has 2 aliphatic carbocycles. The van der Waals surface area contributed by atoms with Crippen LogP contribution in [0.2, 0.25) is 0 Å². The average molecular weight is 155 g/mol. The fourth-order valence-electron chi connectivity index (χ4n) is 1.76. The third kappa shape index (κ3) is 0.990. The zero-order chi connectivity index (χ0) is 7.19. The molecule has 1 heteroatoms. The first-order chi connectivity index (χ1) is 4.78. The molecule has 2 aliphatic rings. The van der Waals surface area contributed by atoms with Crippen LogP contribution >= 0.6 is 11.8 Å². The molecule has 0 saturated heterocycles. The standard InChI is InChI=1S/C9H15S/c1-7(8-3-4-8)9(10-2)5-6-9/h8H,3-6H2,1-2H3. The fourth-order valence-corrected chi connectivity index (χ4v) is 2.76. The van der Waals surface area contributed by atoms with E-state index in [1.165, 1.54) is 25.7 Å². The molecule has 2 saturated carbocycles. The molecule has 0 aromatic heterocycles. The van der Waals surface area contributed by atoms with Crippen LogP contribution in [0.5, 0.6) is 0 Å². The van der Waals surface area contributed by atoms with E-state index >= 15 is 0 Å². The summed E-state index contributed by atoms with van der Waals surface area (Å²) in [6, 6.07) is 0. The fraction of sp³-hybridized carbons (Fsp3) is 0.889. The molecule has 0 heterocycles. The zero-order valence-corrected chi connectivity index (χ0v) is 7.63. The predicted octanol–water partition coefficient (Wildman–Crippen LogP) is 2.89. The molecule has 0 aromatic rings. The van der Waals surface area contributed by atoms with E-state index in [1.54, 1.807) is 5.92 Å². The zero-order valence-electron chi connectivity index (χ0n) is 6.81. The summed E-state index contributed by atoms with van der Waals surface area (Å²) >= 11 is 2.08. The van der Waals surface area contributed by atoms with Crippen molar-refractivity contribution in [2.24, 2.45) is 5.92 Å². The SMILES string of the molecule is CSC1([C](C)C2CC2)CC1. The normalized spacial score (nSPS) is 29.1. The Kier molecular flexibility index (Phi) is 1.52. The summed E-state index contributed by atoms with van der Waals surface area (Å²) < 4.78 is 0.668. The van der Waals surface area contributed by atoms with E-state index in [0.717, 1.165) is 5.92 Å². The van der Waals surface area contributed by atoms with Gasteiger partial charge in [-0.15, -0.1) is 0 Å². The minimum absolute atomic E-state index is 0.668. The van der Waals surface area contributed by atoms with Crippen LogP contribution in [0.4, 0.5) is 0 Å². The minimum atomic E-state index is 0.668. The van der Waals surface area contributed by atoms with Gasteiger partial charge in [0.15, 0.2) is 0 Å². The Morgan fingerprint density at radius 1 is 1.40 bits per heavy atom. The first-order valence-corrected chi connectivity index (χ1v) is 5.40. The van der Waals surface area contributed by atoms with Crippen LogP contribution in [0.15, 0.2) is 0 Å². The monoisotopic (exact) mass is 155 g/mol. The van der Waals surface area contributed by atoms with Gasteiger partial charge in [-0.05, 0) is 43.8 Å². The predicted molar refractivity (Wildman–Crippen MR) is 47.1 cm³/mol. The van der Waals surface area contributed by atoms with Gasteiger partial charge in [-0.3, -0.25) is 0 Å². The Labute approximate surface area is 67.8 Å². The molecule has 0 bridgehead atoms. The van der Waals surface area contributed by atoms with E-state index in [9.17, 15) is 0 Å². The Balaban J connectivity index is 1.95. The second-order valence-corrected chi connectivity index (χ2v) is 4.85. The summed E-state index contributed by atoms with van der Waals surface area (Å²) in [7, 11) is 0. The molecule has 0 aromatic carbocycles. The maximum Gasteiger partial charge on any atom is 0.0220 e. The molecule has 0 unspecified atom stereocenters. The lowest BCUT2D eigenvalue weighted by Crippen LogP contribution is -2.14. The van der Waals surface area contributed by atoms with Crippen LogP contribution in [0.1, 0.15) is 32.6 Å². The topological polar surface area (TPSA) is 0 Å². The summed E-state index contributed by atoms with van der Waals surface area (Å²) in [5.41, 5.74) is 0. The van der Waals surface area contributed by atoms with Crippen LogP contribution in [-0.2, 0) is 0 Å². The highest BCUT2D eigenvalue weighted by atomic mass is 32.2. The summed E-state index contributed by atoms with van der Waals surface area (Å²) in [6.07, 6.45) is 8.13. The lowest BCUT2D eigenvalue weighted by atomic mass is 10.0. The highest BCUT2D eigenvalue weighted by Gasteiger charge is 2.51. The molecule has 2 rings (SSSR count). The number of hydrogen-bond donors (Lipinski definition) is 0. The number of hydrogen-bond acceptors (Lipinski definition) is 1. The minimum Gasteiger partial charge on any atom is -0.158 e. The maximum atomic E-state index is 2.38. The second kappa shape index (κ2) is 2.17. The lowest BCUT2D eigenvalue weighted by Gasteiger charge is -2.19. The first-order valence-electron chi connectivity index (χ1n) is 4.17. The maximum absolute atomic E-state index is 2.38. The summed E-state index contributed by atoms with van der Waals surface area (Å²) in [5, 5.41) is 0. The van der Waals surface area contributed by atoms with Crippen molar-refractivity contribution < 1.29 is 0 Å². The van der Waals surface area contributed by atoms with Crippen LogP contribution in [-0.4, -0.2) is 11.0 Å². The van der Waals surface area contributed by atoms with Crippen molar-refractivity contribution in [1.82, 2.24) is 0 Å². The quantitative estimate of drug-likeness (QED) is 0.604. The van der Waals surface area contributed by atoms with E-state index in [1.807, 2.05) is 0 Å². The van der Waals surface area contributed by atoms with Gasteiger partial charge in [-0.1, -0.05) is 6.92 Å². The molecule has 0 nitrogen and oxygen atoms in total. The van der Waals surface area contributed by atoms with Gasteiger partial charge in [-0.25, -0.2) is 0 Å². The van der Waals surface area contributed by atoms with E-state index < -0.39 is 0 Å². The molecule has 10 heavy (non-hydrogen) atoms. The summed E-state index contributed by atoms with van der Waals surface area (Å²) in [4.78, 5) is 0. The molecule has 2 fully saturated rings. The van der Waals surface area contributed by atoms with Crippen molar-refractivity contribution in [3.63, 3.8) is 0 Å². The van der Waals surface area contributed by atoms with Crippen molar-refractivity contribution in [2.45, 2.75) is 37.4 Å². The van der Waals surface area contributed by atoms with Crippen molar-refractivity contribution in [2.75, 3.05) is 6.26 Å². The van der Waals surface area contributed by atoms with Gasteiger partial charge < -0.3 is 0 Å². The van der Waals surface area contributed by atoms with E-state index in [2.05, 4.69) is 24.9 Å². The van der Waals surface area contributed by atoms with E-state index in [4.69, 9.17) is 0 Å². The number of thioether (sulfide) groups is 1. The first kappa shape index (κ1) is 7.02. The van der Waals surface area contributed by atoms with Gasteiger partial charge in [0.2, 0.25) is 0 Å². The van der Waals surface area contributed by atoms with Crippen molar-refractivity contribution in [1.29, 1.82) is 0 Å². The van der Waals surface area contributed by atoms with Gasteiger partial charge in [0.1, 0.15) is 0 Å². The van der Waals surface area contributed by atoms with Crippen LogP contribution in [0.25, 0.3) is 0 Å². The number of rotatable bonds is 3. The Bertz CT molecular complexity index is 134. The van der Waals surface area contributed by atoms with Gasteiger partial charge >= 0.3 is 0 Å². The van der Waals surface area contributed by atoms with Crippen molar-refractivity contribution in [3.8, 4) is 0 Å². The lowest BCUT2D eigenvalue weighted by molar-refractivity contribution is 0.742. The summed E-state index contributed by atoms with van der Waals surface area (Å²) in [6.45, 7) is 2.38. The molecule has 0 N–H and O–H groups in total. The Morgan fingerprint density at radius 3 is 2.30 bits per heavy atom. The second-order valence-electron chi connectivity index (χ2n) is 3.66. The molecule has 0 aliphatic heterocycles. The van der Waals surface area contributed by atoms with E-state index in [-0.39, 0.29) is 0 Å². The van der Waals surface area contributed by atoms with E-state index in [0.29, 0.717) is 4.75 Å². The highest BCUT2D eigenvalue weighted by molar-refractivity contribution is 8.00. The molecule has 0 amide bonds. The van der Waals surface area contributed by atoms with Gasteiger partial charge in [0, 0.05) is 4.75 Å². The Hall–Kier alpha value is 0.350. The molecule has 0 atom stereocenters. The van der Waals surface area contributed by atoms with Crippen LogP contribution in [0.3, 0.4) is 0 Å². The highest BCUT2D eigenvalue weighted by Crippen LogP contribution is 2.60. The largest absolute Gasteiger partial charge is 0.158 e. The molecular formula is C9H15S. The van der Waals surface area contributed by atoms with Crippen molar-refractivity contribution >= 4 is 11.8 Å². The average Bonchev–Trinajstić information content (AvgIpc) is 2.84. The van der Waals surface area contributed by atoms with Gasteiger partial charge in [0.05, 0.1) is 0 Å². The van der Waals surface area contributed by atoms with Crippen molar-refractivity contribution in [3.05, 3.63) is 5.92 Å². The van der Waals surface area contributed by atoms with Gasteiger partial charge in [0.25, 0.3) is 0 Å². The third-order valence-corrected chi connectivity index (χ3v) is 4.51. The summed E-state index contributed by atoms with van der Waals surface area (Å²) in [5.74, 6) is 2.83. The Morgan fingerprint density at radius 2 is 2.00 bits per heavy atom. The van der Waals surface area contributed by atoms with Crippen LogP contribution in [0, 0.1) is 11.8 Å². The molecule has 57 valence electrons. The smallest absolute Gasteiger partial charge is 0.0220 e. The third-order valence-electron chi connectivity index (χ3n) is 3.00. The molecule has 0 spiro atoms. The van der Waals surface area contributed by atoms with Gasteiger partial charge in [-0.2, -0.15) is 11.8 Å². The van der Waals surface area contributed by atoms with Crippen LogP contribution < -0.4 is 0 Å².